The molecule has 0 aliphatic carbocycles. The summed E-state index contributed by atoms with van der Waals surface area (Å²) in [6, 6.07) is 5.87. The van der Waals surface area contributed by atoms with Crippen LogP contribution in [0.2, 0.25) is 0 Å². The normalized spacial score (nSPS) is 25.3. The summed E-state index contributed by atoms with van der Waals surface area (Å²) < 4.78 is 18.5. The van der Waals surface area contributed by atoms with Gasteiger partial charge in [0.1, 0.15) is 16.5 Å². The topological polar surface area (TPSA) is 49.8 Å². The number of aliphatic hydroxyl groups excluding tert-OH is 1. The minimum absolute atomic E-state index is 0.118. The van der Waals surface area contributed by atoms with E-state index in [1.807, 2.05) is 0 Å². The lowest BCUT2D eigenvalue weighted by atomic mass is 10.0. The molecule has 1 aromatic carbocycles. The number of carbonyl (C=O) groups excluding carboxylic acids is 1. The van der Waals surface area contributed by atoms with E-state index in [0.29, 0.717) is 23.7 Å². The fraction of sp³-hybridized carbons (Fsp3) is 0.438. The molecule has 0 radical (unpaired) electrons. The molecule has 6 heteroatoms. The van der Waals surface area contributed by atoms with Gasteiger partial charge in [-0.3, -0.25) is 4.79 Å². The molecule has 1 saturated heterocycles. The van der Waals surface area contributed by atoms with Gasteiger partial charge in [0.05, 0.1) is 18.8 Å². The van der Waals surface area contributed by atoms with Gasteiger partial charge in [-0.1, -0.05) is 12.1 Å². The Bertz CT molecular complexity index is 602. The smallest absolute Gasteiger partial charge is 0.264 e. The van der Waals surface area contributed by atoms with Gasteiger partial charge in [0.25, 0.3) is 5.91 Å². The summed E-state index contributed by atoms with van der Waals surface area (Å²) in [6.45, 7) is 2.69. The van der Waals surface area contributed by atoms with Gasteiger partial charge in [0, 0.05) is 12.3 Å². The standard InChI is InChI=1S/C16H18FNO3S/c1-10-15(22-7-6-21-10)16(20)18-9-13(19)8-14(18)11-2-4-12(17)5-3-11/h2-5,13-14,19H,6-9H2,1H3. The second-order valence-corrected chi connectivity index (χ2v) is 6.60. The molecule has 1 N–H and O–H groups in total. The zero-order valence-corrected chi connectivity index (χ0v) is 13.1. The minimum atomic E-state index is -0.561. The molecule has 2 unspecified atom stereocenters. The molecular weight excluding hydrogens is 305 g/mol. The maximum Gasteiger partial charge on any atom is 0.264 e. The number of halogens is 1. The highest BCUT2D eigenvalue weighted by Gasteiger charge is 2.37. The van der Waals surface area contributed by atoms with Gasteiger partial charge in [-0.2, -0.15) is 0 Å². The summed E-state index contributed by atoms with van der Waals surface area (Å²) in [6.07, 6.45) is -0.0932. The summed E-state index contributed by atoms with van der Waals surface area (Å²) in [5.74, 6) is 0.958. The summed E-state index contributed by atoms with van der Waals surface area (Å²) in [5, 5.41) is 9.98. The number of amides is 1. The monoisotopic (exact) mass is 323 g/mol. The van der Waals surface area contributed by atoms with Crippen molar-refractivity contribution >= 4 is 17.7 Å². The van der Waals surface area contributed by atoms with E-state index in [4.69, 9.17) is 4.74 Å². The van der Waals surface area contributed by atoms with Crippen LogP contribution in [0.3, 0.4) is 0 Å². The lowest BCUT2D eigenvalue weighted by Gasteiger charge is -2.27. The molecule has 2 atom stereocenters. The summed E-state index contributed by atoms with van der Waals surface area (Å²) in [5.41, 5.74) is 0.839. The number of likely N-dealkylation sites (tertiary alicyclic amines) is 1. The summed E-state index contributed by atoms with van der Waals surface area (Å²) >= 11 is 1.49. The number of β-amino-alcohol motifs (C(OH)–C–C–N with tert-alkyl or cyclic N) is 1. The van der Waals surface area contributed by atoms with Crippen molar-refractivity contribution in [3.8, 4) is 0 Å². The van der Waals surface area contributed by atoms with Crippen LogP contribution in [-0.4, -0.2) is 40.9 Å². The highest BCUT2D eigenvalue weighted by atomic mass is 32.2. The Morgan fingerprint density at radius 2 is 2.14 bits per heavy atom. The van der Waals surface area contributed by atoms with Crippen LogP contribution in [0.5, 0.6) is 0 Å². The highest BCUT2D eigenvalue weighted by molar-refractivity contribution is 8.04. The number of aliphatic hydroxyl groups is 1. The Morgan fingerprint density at radius 3 is 2.82 bits per heavy atom. The fourth-order valence-corrected chi connectivity index (χ4v) is 3.76. The first-order chi connectivity index (χ1) is 10.6. The molecular formula is C16H18FNO3S. The Kier molecular flexibility index (Phi) is 4.40. The number of ether oxygens (including phenoxy) is 1. The van der Waals surface area contributed by atoms with Crippen molar-refractivity contribution in [2.45, 2.75) is 25.5 Å². The van der Waals surface area contributed by atoms with E-state index in [9.17, 15) is 14.3 Å². The van der Waals surface area contributed by atoms with Gasteiger partial charge in [0.15, 0.2) is 0 Å². The summed E-state index contributed by atoms with van der Waals surface area (Å²) in [7, 11) is 0. The van der Waals surface area contributed by atoms with E-state index in [1.54, 1.807) is 24.0 Å². The van der Waals surface area contributed by atoms with E-state index in [-0.39, 0.29) is 24.3 Å². The average molecular weight is 323 g/mol. The van der Waals surface area contributed by atoms with Crippen molar-refractivity contribution in [1.82, 2.24) is 4.90 Å². The number of benzene rings is 1. The molecule has 22 heavy (non-hydrogen) atoms. The van der Waals surface area contributed by atoms with Crippen LogP contribution >= 0.6 is 11.8 Å². The van der Waals surface area contributed by atoms with Gasteiger partial charge >= 0.3 is 0 Å². The maximum absolute atomic E-state index is 13.1. The number of hydrogen-bond acceptors (Lipinski definition) is 4. The van der Waals surface area contributed by atoms with Crippen LogP contribution < -0.4 is 0 Å². The van der Waals surface area contributed by atoms with Gasteiger partial charge in [-0.05, 0) is 31.0 Å². The molecule has 2 aliphatic rings. The van der Waals surface area contributed by atoms with Crippen molar-refractivity contribution in [2.24, 2.45) is 0 Å². The molecule has 118 valence electrons. The molecule has 0 bridgehead atoms. The number of hydrogen-bond donors (Lipinski definition) is 1. The fourth-order valence-electron chi connectivity index (χ4n) is 2.89. The SMILES string of the molecule is CC1=C(C(=O)N2CC(O)CC2c2ccc(F)cc2)SCCO1. The van der Waals surface area contributed by atoms with Crippen LogP contribution in [0, 0.1) is 5.82 Å². The van der Waals surface area contributed by atoms with Crippen molar-refractivity contribution in [3.05, 3.63) is 46.3 Å². The number of rotatable bonds is 2. The number of allylic oxidation sites excluding steroid dienone is 1. The third-order valence-corrected chi connectivity index (χ3v) is 5.08. The minimum Gasteiger partial charge on any atom is -0.496 e. The first-order valence-corrected chi connectivity index (χ1v) is 8.26. The lowest BCUT2D eigenvalue weighted by molar-refractivity contribution is -0.127. The van der Waals surface area contributed by atoms with Crippen molar-refractivity contribution in [3.63, 3.8) is 0 Å². The predicted molar refractivity (Wildman–Crippen MR) is 82.6 cm³/mol. The molecule has 1 fully saturated rings. The molecule has 0 spiro atoms. The third kappa shape index (κ3) is 2.98. The predicted octanol–water partition coefficient (Wildman–Crippen LogP) is 2.45. The zero-order chi connectivity index (χ0) is 15.7. The zero-order valence-electron chi connectivity index (χ0n) is 12.3. The van der Waals surface area contributed by atoms with Crippen LogP contribution in [0.25, 0.3) is 0 Å². The largest absolute Gasteiger partial charge is 0.496 e. The number of nitrogens with zero attached hydrogens (tertiary/aromatic N) is 1. The first kappa shape index (κ1) is 15.4. The van der Waals surface area contributed by atoms with Gasteiger partial charge in [-0.25, -0.2) is 4.39 Å². The average Bonchev–Trinajstić information content (AvgIpc) is 2.90. The van der Waals surface area contributed by atoms with E-state index >= 15 is 0 Å². The van der Waals surface area contributed by atoms with E-state index in [0.717, 1.165) is 11.3 Å². The van der Waals surface area contributed by atoms with Gasteiger partial charge < -0.3 is 14.7 Å². The number of carbonyl (C=O) groups is 1. The maximum atomic E-state index is 13.1. The van der Waals surface area contributed by atoms with Crippen LogP contribution in [0.4, 0.5) is 4.39 Å². The quantitative estimate of drug-likeness (QED) is 0.908. The Morgan fingerprint density at radius 1 is 1.41 bits per heavy atom. The van der Waals surface area contributed by atoms with Crippen molar-refractivity contribution in [2.75, 3.05) is 18.9 Å². The van der Waals surface area contributed by atoms with E-state index in [2.05, 4.69) is 0 Å². The van der Waals surface area contributed by atoms with Gasteiger partial charge in [-0.15, -0.1) is 11.8 Å². The van der Waals surface area contributed by atoms with Crippen molar-refractivity contribution < 1.29 is 19.0 Å². The van der Waals surface area contributed by atoms with Crippen LogP contribution in [-0.2, 0) is 9.53 Å². The molecule has 0 saturated carbocycles. The molecule has 1 aromatic rings. The molecule has 3 rings (SSSR count). The van der Waals surface area contributed by atoms with Crippen molar-refractivity contribution in [1.29, 1.82) is 0 Å². The highest BCUT2D eigenvalue weighted by Crippen LogP contribution is 2.36. The Hall–Kier alpha value is -1.53. The summed E-state index contributed by atoms with van der Waals surface area (Å²) in [4.78, 5) is 15.1. The number of thioether (sulfide) groups is 1. The second kappa shape index (κ2) is 6.30. The van der Waals surface area contributed by atoms with E-state index < -0.39 is 6.10 Å². The Labute approximate surface area is 132 Å². The molecule has 2 aliphatic heterocycles. The third-order valence-electron chi connectivity index (χ3n) is 3.96. The first-order valence-electron chi connectivity index (χ1n) is 7.27. The van der Waals surface area contributed by atoms with Gasteiger partial charge in [0.2, 0.25) is 0 Å². The Balaban J connectivity index is 1.87. The van der Waals surface area contributed by atoms with E-state index in [1.165, 1.54) is 23.9 Å². The molecule has 1 amide bonds. The second-order valence-electron chi connectivity index (χ2n) is 5.50. The van der Waals surface area contributed by atoms with Crippen LogP contribution in [0.15, 0.2) is 34.9 Å². The molecule has 2 heterocycles. The van der Waals surface area contributed by atoms with Crippen LogP contribution in [0.1, 0.15) is 24.9 Å². The molecule has 0 aromatic heterocycles. The molecule has 4 nitrogen and oxygen atoms in total. The lowest BCUT2D eigenvalue weighted by Crippen LogP contribution is -2.33.